The van der Waals surface area contributed by atoms with Crippen molar-refractivity contribution in [2.45, 2.75) is 103 Å². The molecular formula is C21H41NaO5. The third-order valence-electron chi connectivity index (χ3n) is 4.06. The van der Waals surface area contributed by atoms with E-state index >= 15 is 0 Å². The molecule has 0 heterocycles. The Balaban J connectivity index is -0.000000709. The Labute approximate surface area is 188 Å². The predicted octanol–water partition coefficient (Wildman–Crippen LogP) is 0.110. The normalized spacial score (nSPS) is 10.6. The van der Waals surface area contributed by atoms with Crippen molar-refractivity contribution >= 4 is 5.97 Å². The van der Waals surface area contributed by atoms with Crippen molar-refractivity contribution in [3.63, 3.8) is 0 Å². The van der Waals surface area contributed by atoms with Crippen molar-refractivity contribution in [2.75, 3.05) is 13.2 Å². The Morgan fingerprint density at radius 3 is 1.59 bits per heavy atom. The van der Waals surface area contributed by atoms with Gasteiger partial charge in [0.1, 0.15) is 6.10 Å². The number of carboxylic acid groups (broad SMARTS) is 1. The topological polar surface area (TPSA) is 101 Å². The number of carbonyl (C=O) groups is 1. The molecule has 0 rings (SSSR count). The third kappa shape index (κ3) is 34.0. The van der Waals surface area contributed by atoms with Crippen LogP contribution in [0.3, 0.4) is 0 Å². The molecule has 0 bridgehead atoms. The number of hydrogen-bond donors (Lipinski definition) is 3. The van der Waals surface area contributed by atoms with E-state index in [4.69, 9.17) is 15.3 Å². The molecule has 0 aliphatic rings. The van der Waals surface area contributed by atoms with Gasteiger partial charge in [-0.15, -0.1) is 0 Å². The number of rotatable bonds is 17. The zero-order valence-corrected chi connectivity index (χ0v) is 19.7. The summed E-state index contributed by atoms with van der Waals surface area (Å²) in [7, 11) is 0. The van der Waals surface area contributed by atoms with Gasteiger partial charge in [0.05, 0.1) is 13.2 Å². The molecule has 0 unspecified atom stereocenters. The molecule has 3 N–H and O–H groups in total. The van der Waals surface area contributed by atoms with Crippen LogP contribution in [-0.4, -0.2) is 40.6 Å². The van der Waals surface area contributed by atoms with Crippen molar-refractivity contribution in [3.05, 3.63) is 12.2 Å². The third-order valence-corrected chi connectivity index (χ3v) is 4.06. The summed E-state index contributed by atoms with van der Waals surface area (Å²) in [4.78, 5) is 10.2. The number of carboxylic acids is 1. The minimum Gasteiger partial charge on any atom is -0.550 e. The molecule has 0 atom stereocenters. The van der Waals surface area contributed by atoms with E-state index in [0.29, 0.717) is 0 Å². The van der Waals surface area contributed by atoms with Gasteiger partial charge in [0.25, 0.3) is 0 Å². The van der Waals surface area contributed by atoms with Crippen LogP contribution in [0.25, 0.3) is 0 Å². The average Bonchev–Trinajstić information content (AvgIpc) is 2.64. The molecule has 0 aromatic carbocycles. The number of aliphatic hydroxyl groups excluding tert-OH is 3. The summed E-state index contributed by atoms with van der Waals surface area (Å²) in [6.07, 6.45) is 19.9. The second kappa shape index (κ2) is 28.3. The van der Waals surface area contributed by atoms with Gasteiger partial charge in [0.2, 0.25) is 0 Å². The number of aliphatic carboxylic acids is 1. The SMILES string of the molecule is CCCCCCCC/C=C\CCCCCCCC(=O)[O-].OCC(O)CO.[Na+]. The standard InChI is InChI=1S/C18H34O2.C3H8O3.Na/c1-2-3-4-5-6-7-8-9-10-11-12-13-14-15-16-17-18(19)20;4-1-3(6)2-5;/h9-10H,2-8,11-17H2,1H3,(H,19,20);3-6H,1-2H2;/q;;+1/p-1/b10-9-;;. The van der Waals surface area contributed by atoms with Crippen molar-refractivity contribution < 1.29 is 54.8 Å². The summed E-state index contributed by atoms with van der Waals surface area (Å²) in [6.45, 7) is 1.53. The number of aliphatic hydroxyl groups is 3. The first-order valence-corrected chi connectivity index (χ1v) is 10.3. The summed E-state index contributed by atoms with van der Waals surface area (Å²) in [6, 6.07) is 0. The van der Waals surface area contributed by atoms with Gasteiger partial charge < -0.3 is 25.2 Å². The Kier molecular flexibility index (Phi) is 33.3. The summed E-state index contributed by atoms with van der Waals surface area (Å²) in [5, 5.41) is 34.2. The second-order valence-electron chi connectivity index (χ2n) is 6.73. The molecule has 0 fully saturated rings. The molecule has 6 heteroatoms. The van der Waals surface area contributed by atoms with Crippen LogP contribution >= 0.6 is 0 Å². The van der Waals surface area contributed by atoms with Gasteiger partial charge in [-0.3, -0.25) is 0 Å². The first kappa shape index (κ1) is 31.8. The molecule has 0 aliphatic heterocycles. The first-order valence-electron chi connectivity index (χ1n) is 10.3. The van der Waals surface area contributed by atoms with Crippen LogP contribution in [0, 0.1) is 0 Å². The van der Waals surface area contributed by atoms with Gasteiger partial charge in [-0.2, -0.15) is 0 Å². The molecular weight excluding hydrogens is 355 g/mol. The fraction of sp³-hybridized carbons (Fsp3) is 0.857. The van der Waals surface area contributed by atoms with Crippen LogP contribution < -0.4 is 34.7 Å². The van der Waals surface area contributed by atoms with Gasteiger partial charge in [-0.25, -0.2) is 0 Å². The number of carbonyl (C=O) groups excluding carboxylic acids is 1. The molecule has 156 valence electrons. The summed E-state index contributed by atoms with van der Waals surface area (Å²) in [5.41, 5.74) is 0. The van der Waals surface area contributed by atoms with Crippen LogP contribution in [0.4, 0.5) is 0 Å². The molecule has 0 aromatic heterocycles. The van der Waals surface area contributed by atoms with Gasteiger partial charge >= 0.3 is 29.6 Å². The van der Waals surface area contributed by atoms with Crippen molar-refractivity contribution in [1.29, 1.82) is 0 Å². The molecule has 0 amide bonds. The quantitative estimate of drug-likeness (QED) is 0.184. The van der Waals surface area contributed by atoms with Crippen LogP contribution in [-0.2, 0) is 4.79 Å². The number of hydrogen-bond acceptors (Lipinski definition) is 5. The Hall–Kier alpha value is 0.0900. The second-order valence-corrected chi connectivity index (χ2v) is 6.73. The van der Waals surface area contributed by atoms with Crippen LogP contribution in [0.2, 0.25) is 0 Å². The summed E-state index contributed by atoms with van der Waals surface area (Å²) >= 11 is 0. The molecule has 5 nitrogen and oxygen atoms in total. The van der Waals surface area contributed by atoms with Crippen LogP contribution in [0.5, 0.6) is 0 Å². The Morgan fingerprint density at radius 2 is 1.22 bits per heavy atom. The van der Waals surface area contributed by atoms with E-state index in [-0.39, 0.29) is 49.2 Å². The maximum Gasteiger partial charge on any atom is 1.00 e. The Morgan fingerprint density at radius 1 is 0.815 bits per heavy atom. The van der Waals surface area contributed by atoms with Gasteiger partial charge in [0, 0.05) is 5.97 Å². The Bertz CT molecular complexity index is 307. The van der Waals surface area contributed by atoms with E-state index in [1.165, 1.54) is 64.2 Å². The fourth-order valence-corrected chi connectivity index (χ4v) is 2.40. The van der Waals surface area contributed by atoms with Crippen LogP contribution in [0.15, 0.2) is 12.2 Å². The van der Waals surface area contributed by atoms with Gasteiger partial charge in [-0.05, 0) is 38.5 Å². The molecule has 0 spiro atoms. The zero-order valence-electron chi connectivity index (χ0n) is 17.7. The van der Waals surface area contributed by atoms with Crippen molar-refractivity contribution in [3.8, 4) is 0 Å². The minimum absolute atomic E-state index is 0. The van der Waals surface area contributed by atoms with E-state index in [1.807, 2.05) is 0 Å². The molecule has 0 aliphatic carbocycles. The number of allylic oxidation sites excluding steroid dienone is 2. The van der Waals surface area contributed by atoms with Gasteiger partial charge in [-0.1, -0.05) is 70.4 Å². The molecule has 0 saturated carbocycles. The zero-order chi connectivity index (χ0) is 19.9. The summed E-state index contributed by atoms with van der Waals surface area (Å²) in [5.74, 6) is -0.914. The maximum absolute atomic E-state index is 10.2. The number of unbranched alkanes of at least 4 members (excludes halogenated alkanes) is 11. The monoisotopic (exact) mass is 396 g/mol. The fourth-order valence-electron chi connectivity index (χ4n) is 2.40. The van der Waals surface area contributed by atoms with E-state index < -0.39 is 12.1 Å². The minimum atomic E-state index is -0.954. The smallest absolute Gasteiger partial charge is 0.550 e. The molecule has 0 radical (unpaired) electrons. The van der Waals surface area contributed by atoms with E-state index in [0.717, 1.165) is 19.3 Å². The molecule has 27 heavy (non-hydrogen) atoms. The van der Waals surface area contributed by atoms with Crippen molar-refractivity contribution in [1.82, 2.24) is 0 Å². The average molecular weight is 397 g/mol. The molecule has 0 aromatic rings. The van der Waals surface area contributed by atoms with E-state index in [1.54, 1.807) is 0 Å². The first-order chi connectivity index (χ1) is 12.6. The summed E-state index contributed by atoms with van der Waals surface area (Å²) < 4.78 is 0. The van der Waals surface area contributed by atoms with E-state index in [9.17, 15) is 9.90 Å². The predicted molar refractivity (Wildman–Crippen MR) is 105 cm³/mol. The largest absolute Gasteiger partial charge is 1.00 e. The maximum atomic E-state index is 10.2. The van der Waals surface area contributed by atoms with Gasteiger partial charge in [0.15, 0.2) is 0 Å². The molecule has 0 saturated heterocycles. The van der Waals surface area contributed by atoms with Crippen molar-refractivity contribution in [2.24, 2.45) is 0 Å². The van der Waals surface area contributed by atoms with Crippen LogP contribution in [0.1, 0.15) is 96.8 Å². The van der Waals surface area contributed by atoms with E-state index in [2.05, 4.69) is 19.1 Å².